The third-order valence-electron chi connectivity index (χ3n) is 4.61. The van der Waals surface area contributed by atoms with E-state index in [1.54, 1.807) is 18.0 Å². The van der Waals surface area contributed by atoms with Gasteiger partial charge in [-0.25, -0.2) is 0 Å². The van der Waals surface area contributed by atoms with Crippen LogP contribution in [0.3, 0.4) is 0 Å². The Morgan fingerprint density at radius 3 is 2.73 bits per heavy atom. The number of carbonyl (C=O) groups is 1. The van der Waals surface area contributed by atoms with Crippen LogP contribution in [0.5, 0.6) is 11.5 Å². The van der Waals surface area contributed by atoms with Crippen molar-refractivity contribution in [3.63, 3.8) is 0 Å². The molecule has 3 aromatic rings. The van der Waals surface area contributed by atoms with Crippen molar-refractivity contribution in [2.75, 3.05) is 11.1 Å². The number of aromatic nitrogens is 1. The molecule has 0 radical (unpaired) electrons. The maximum Gasteiger partial charge on any atom is 0.234 e. The molecule has 4 nitrogen and oxygen atoms in total. The Morgan fingerprint density at radius 2 is 1.97 bits per heavy atom. The SMILES string of the molecule is Cc1cccc(Oc2ccc(NC(=O)CSC3=CCC(c4cccnc4)=C3)cc2)c1. The molecule has 1 heterocycles. The molecule has 0 saturated heterocycles. The second kappa shape index (κ2) is 9.46. The third-order valence-corrected chi connectivity index (χ3v) is 5.63. The number of rotatable bonds is 7. The van der Waals surface area contributed by atoms with Gasteiger partial charge in [-0.1, -0.05) is 24.3 Å². The normalized spacial score (nSPS) is 12.8. The van der Waals surface area contributed by atoms with Gasteiger partial charge in [0.25, 0.3) is 0 Å². The van der Waals surface area contributed by atoms with E-state index >= 15 is 0 Å². The summed E-state index contributed by atoms with van der Waals surface area (Å²) >= 11 is 1.54. The molecule has 0 fully saturated rings. The second-order valence-electron chi connectivity index (χ2n) is 7.00. The number of hydrogen-bond acceptors (Lipinski definition) is 4. The number of aryl methyl sites for hydroxylation is 1. The first-order valence-electron chi connectivity index (χ1n) is 9.74. The number of nitrogens with zero attached hydrogens (tertiary/aromatic N) is 1. The summed E-state index contributed by atoms with van der Waals surface area (Å²) < 4.78 is 5.85. The molecule has 1 aliphatic carbocycles. The Kier molecular flexibility index (Phi) is 6.30. The van der Waals surface area contributed by atoms with E-state index in [0.29, 0.717) is 5.75 Å². The molecular weight excluding hydrogens is 392 g/mol. The van der Waals surface area contributed by atoms with Gasteiger partial charge >= 0.3 is 0 Å². The van der Waals surface area contributed by atoms with E-state index in [1.165, 1.54) is 5.57 Å². The highest BCUT2D eigenvalue weighted by Crippen LogP contribution is 2.32. The van der Waals surface area contributed by atoms with E-state index in [0.717, 1.165) is 39.6 Å². The van der Waals surface area contributed by atoms with Crippen LogP contribution >= 0.6 is 11.8 Å². The number of amides is 1. The van der Waals surface area contributed by atoms with Crippen LogP contribution in [0.4, 0.5) is 5.69 Å². The molecule has 0 aliphatic heterocycles. The van der Waals surface area contributed by atoms with Gasteiger partial charge in [-0.3, -0.25) is 9.78 Å². The number of pyridine rings is 1. The summed E-state index contributed by atoms with van der Waals surface area (Å²) in [6.07, 6.45) is 8.79. The fraction of sp³-hybridized carbons (Fsp3) is 0.120. The summed E-state index contributed by atoms with van der Waals surface area (Å²) in [5, 5.41) is 2.94. The van der Waals surface area contributed by atoms with Crippen molar-refractivity contribution in [2.24, 2.45) is 0 Å². The molecule has 1 aromatic heterocycles. The molecule has 150 valence electrons. The zero-order valence-corrected chi connectivity index (χ0v) is 17.5. The maximum atomic E-state index is 12.3. The smallest absolute Gasteiger partial charge is 0.234 e. The third kappa shape index (κ3) is 5.39. The van der Waals surface area contributed by atoms with Crippen LogP contribution in [0, 0.1) is 6.92 Å². The van der Waals surface area contributed by atoms with Crippen molar-refractivity contribution in [3.05, 3.63) is 101 Å². The quantitative estimate of drug-likeness (QED) is 0.498. The summed E-state index contributed by atoms with van der Waals surface area (Å²) in [6.45, 7) is 2.03. The molecule has 2 aromatic carbocycles. The van der Waals surface area contributed by atoms with Crippen LogP contribution in [0.25, 0.3) is 5.57 Å². The number of allylic oxidation sites excluding steroid dienone is 3. The lowest BCUT2D eigenvalue weighted by Gasteiger charge is -2.08. The van der Waals surface area contributed by atoms with E-state index in [4.69, 9.17) is 4.74 Å². The zero-order chi connectivity index (χ0) is 20.8. The van der Waals surface area contributed by atoms with Gasteiger partial charge in [0.1, 0.15) is 11.5 Å². The first kappa shape index (κ1) is 20.0. The largest absolute Gasteiger partial charge is 0.457 e. The monoisotopic (exact) mass is 414 g/mol. The standard InChI is InChI=1S/C25H22N2O2S/c1-18-4-2-6-23(14-18)29-22-10-8-21(9-11-22)27-25(28)17-30-24-12-7-19(15-24)20-5-3-13-26-16-20/h2-6,8-16H,7,17H2,1H3,(H,27,28). The molecule has 0 bridgehead atoms. The highest BCUT2D eigenvalue weighted by Gasteiger charge is 2.11. The summed E-state index contributed by atoms with van der Waals surface area (Å²) in [5.41, 5.74) is 4.26. The molecule has 5 heteroatoms. The Morgan fingerprint density at radius 1 is 1.10 bits per heavy atom. The Balaban J connectivity index is 1.27. The molecular formula is C25H22N2O2S. The van der Waals surface area contributed by atoms with E-state index in [1.807, 2.05) is 67.7 Å². The lowest BCUT2D eigenvalue weighted by molar-refractivity contribution is -0.113. The van der Waals surface area contributed by atoms with Gasteiger partial charge < -0.3 is 10.1 Å². The number of nitrogens with one attached hydrogen (secondary N) is 1. The van der Waals surface area contributed by atoms with Gasteiger partial charge in [-0.15, -0.1) is 11.8 Å². The number of ether oxygens (including phenoxy) is 1. The first-order valence-corrected chi connectivity index (χ1v) is 10.7. The van der Waals surface area contributed by atoms with E-state index in [-0.39, 0.29) is 5.91 Å². The number of thioether (sulfide) groups is 1. The topological polar surface area (TPSA) is 51.2 Å². The summed E-state index contributed by atoms with van der Waals surface area (Å²) in [6, 6.07) is 19.3. The molecule has 0 atom stereocenters. The average molecular weight is 415 g/mol. The fourth-order valence-corrected chi connectivity index (χ4v) is 3.92. The first-order chi connectivity index (χ1) is 14.7. The molecule has 4 rings (SSSR count). The molecule has 0 saturated carbocycles. The molecule has 0 spiro atoms. The molecule has 1 N–H and O–H groups in total. The summed E-state index contributed by atoms with van der Waals surface area (Å²) in [4.78, 5) is 17.6. The molecule has 1 aliphatic rings. The van der Waals surface area contributed by atoms with Crippen molar-refractivity contribution < 1.29 is 9.53 Å². The molecule has 30 heavy (non-hydrogen) atoms. The number of hydrogen-bond donors (Lipinski definition) is 1. The van der Waals surface area contributed by atoms with Crippen LogP contribution in [-0.4, -0.2) is 16.6 Å². The lowest BCUT2D eigenvalue weighted by Crippen LogP contribution is -2.13. The van der Waals surface area contributed by atoms with Crippen molar-refractivity contribution >= 4 is 28.9 Å². The van der Waals surface area contributed by atoms with E-state index < -0.39 is 0 Å². The predicted octanol–water partition coefficient (Wildman–Crippen LogP) is 6.23. The van der Waals surface area contributed by atoms with Crippen LogP contribution < -0.4 is 10.1 Å². The number of benzene rings is 2. The average Bonchev–Trinajstić information content (AvgIpc) is 3.24. The van der Waals surface area contributed by atoms with Crippen molar-refractivity contribution in [1.29, 1.82) is 0 Å². The van der Waals surface area contributed by atoms with Crippen LogP contribution in [-0.2, 0) is 4.79 Å². The maximum absolute atomic E-state index is 12.3. The van der Waals surface area contributed by atoms with E-state index in [9.17, 15) is 4.79 Å². The minimum atomic E-state index is -0.0310. The Labute approximate surface area is 180 Å². The minimum absolute atomic E-state index is 0.0310. The van der Waals surface area contributed by atoms with Crippen molar-refractivity contribution in [3.8, 4) is 11.5 Å². The van der Waals surface area contributed by atoms with Gasteiger partial charge in [0.2, 0.25) is 5.91 Å². The number of carbonyl (C=O) groups excluding carboxylic acids is 1. The number of anilines is 1. The van der Waals surface area contributed by atoms with Crippen LogP contribution in [0.15, 0.2) is 90.1 Å². The van der Waals surface area contributed by atoms with E-state index in [2.05, 4.69) is 28.5 Å². The second-order valence-corrected chi connectivity index (χ2v) is 8.05. The van der Waals surface area contributed by atoms with Crippen LogP contribution in [0.1, 0.15) is 17.5 Å². The highest BCUT2D eigenvalue weighted by molar-refractivity contribution is 8.03. The van der Waals surface area contributed by atoms with Crippen molar-refractivity contribution in [2.45, 2.75) is 13.3 Å². The van der Waals surface area contributed by atoms with Gasteiger partial charge in [-0.2, -0.15) is 0 Å². The molecule has 1 amide bonds. The summed E-state index contributed by atoms with van der Waals surface area (Å²) in [5.74, 6) is 1.87. The van der Waals surface area contributed by atoms with Crippen LogP contribution in [0.2, 0.25) is 0 Å². The van der Waals surface area contributed by atoms with Gasteiger partial charge in [-0.05, 0) is 78.6 Å². The predicted molar refractivity (Wildman–Crippen MR) is 124 cm³/mol. The summed E-state index contributed by atoms with van der Waals surface area (Å²) in [7, 11) is 0. The Hall–Kier alpha value is -3.31. The fourth-order valence-electron chi connectivity index (χ4n) is 3.12. The van der Waals surface area contributed by atoms with Gasteiger partial charge in [0, 0.05) is 23.0 Å². The minimum Gasteiger partial charge on any atom is -0.457 e. The van der Waals surface area contributed by atoms with Gasteiger partial charge in [0.15, 0.2) is 0 Å². The van der Waals surface area contributed by atoms with Gasteiger partial charge in [0.05, 0.1) is 5.75 Å². The molecule has 0 unspecified atom stereocenters. The Bertz CT molecular complexity index is 1090. The highest BCUT2D eigenvalue weighted by atomic mass is 32.2. The lowest BCUT2D eigenvalue weighted by atomic mass is 10.1. The van der Waals surface area contributed by atoms with Crippen molar-refractivity contribution in [1.82, 2.24) is 4.98 Å². The zero-order valence-electron chi connectivity index (χ0n) is 16.7.